The molecule has 0 aromatic heterocycles. The molecule has 0 aliphatic heterocycles. The van der Waals surface area contributed by atoms with Gasteiger partial charge in [0.25, 0.3) is 11.8 Å². The van der Waals surface area contributed by atoms with Crippen LogP contribution in [0, 0.1) is 11.3 Å². The van der Waals surface area contributed by atoms with E-state index in [0.717, 1.165) is 0 Å². The molecule has 24 heavy (non-hydrogen) atoms. The number of rotatable bonds is 5. The molecule has 0 fully saturated rings. The maximum atomic E-state index is 12.4. The van der Waals surface area contributed by atoms with Crippen LogP contribution >= 0.6 is 0 Å². The zero-order valence-electron chi connectivity index (χ0n) is 13.7. The van der Waals surface area contributed by atoms with Crippen LogP contribution in [0.3, 0.4) is 0 Å². The number of anilines is 1. The lowest BCUT2D eigenvalue weighted by Crippen LogP contribution is -2.30. The molecule has 0 saturated carbocycles. The van der Waals surface area contributed by atoms with Crippen molar-refractivity contribution in [2.24, 2.45) is 0 Å². The maximum absolute atomic E-state index is 12.4. The predicted octanol–water partition coefficient (Wildman–Crippen LogP) is 3.29. The van der Waals surface area contributed by atoms with Crippen molar-refractivity contribution in [3.8, 4) is 6.07 Å². The normalized spacial score (nSPS) is 9.88. The molecule has 0 bridgehead atoms. The molecule has 2 amide bonds. The molecule has 0 aliphatic rings. The Morgan fingerprint density at radius 3 is 2.38 bits per heavy atom. The molecule has 5 nitrogen and oxygen atoms in total. The Kier molecular flexibility index (Phi) is 5.69. The van der Waals surface area contributed by atoms with Gasteiger partial charge in [-0.25, -0.2) is 0 Å². The van der Waals surface area contributed by atoms with Gasteiger partial charge in [-0.1, -0.05) is 12.1 Å². The molecule has 0 aliphatic carbocycles. The minimum absolute atomic E-state index is 0.0962. The highest BCUT2D eigenvalue weighted by Crippen LogP contribution is 2.14. The predicted molar refractivity (Wildman–Crippen MR) is 92.8 cm³/mol. The van der Waals surface area contributed by atoms with Crippen molar-refractivity contribution in [1.29, 1.82) is 5.26 Å². The highest BCUT2D eigenvalue weighted by atomic mass is 16.2. The number of benzene rings is 2. The van der Waals surface area contributed by atoms with E-state index in [1.807, 2.05) is 19.9 Å². The van der Waals surface area contributed by atoms with Gasteiger partial charge in [0, 0.05) is 29.9 Å². The van der Waals surface area contributed by atoms with E-state index in [9.17, 15) is 9.59 Å². The van der Waals surface area contributed by atoms with Crippen molar-refractivity contribution in [3.63, 3.8) is 0 Å². The second-order valence-electron chi connectivity index (χ2n) is 5.20. The van der Waals surface area contributed by atoms with Gasteiger partial charge in [0.15, 0.2) is 0 Å². The summed E-state index contributed by atoms with van der Waals surface area (Å²) in [7, 11) is 0. The molecule has 2 aromatic rings. The molecule has 5 heteroatoms. The first-order valence-corrected chi connectivity index (χ1v) is 7.79. The summed E-state index contributed by atoms with van der Waals surface area (Å²) in [5, 5.41) is 11.6. The summed E-state index contributed by atoms with van der Waals surface area (Å²) in [5.74, 6) is -0.416. The van der Waals surface area contributed by atoms with Crippen LogP contribution in [0.15, 0.2) is 48.5 Å². The fraction of sp³-hybridized carbons (Fsp3) is 0.211. The summed E-state index contributed by atoms with van der Waals surface area (Å²) in [6, 6.07) is 15.3. The molecule has 122 valence electrons. The molecule has 1 N–H and O–H groups in total. The maximum Gasteiger partial charge on any atom is 0.255 e. The number of nitriles is 1. The molecule has 0 atom stereocenters. The second-order valence-corrected chi connectivity index (χ2v) is 5.20. The number of hydrogen-bond acceptors (Lipinski definition) is 3. The van der Waals surface area contributed by atoms with E-state index in [2.05, 4.69) is 5.32 Å². The van der Waals surface area contributed by atoms with Crippen LogP contribution in [-0.4, -0.2) is 29.8 Å². The van der Waals surface area contributed by atoms with E-state index in [1.165, 1.54) is 0 Å². The van der Waals surface area contributed by atoms with Gasteiger partial charge in [0.05, 0.1) is 11.6 Å². The summed E-state index contributed by atoms with van der Waals surface area (Å²) < 4.78 is 0. The Balaban J connectivity index is 2.20. The van der Waals surface area contributed by atoms with Gasteiger partial charge in [-0.15, -0.1) is 0 Å². The first kappa shape index (κ1) is 17.2. The summed E-state index contributed by atoms with van der Waals surface area (Å²) in [6.07, 6.45) is 0. The van der Waals surface area contributed by atoms with Crippen molar-refractivity contribution < 1.29 is 9.59 Å². The molecule has 2 aromatic carbocycles. The van der Waals surface area contributed by atoms with E-state index in [-0.39, 0.29) is 11.8 Å². The molecule has 0 spiro atoms. The smallest absolute Gasteiger partial charge is 0.255 e. The van der Waals surface area contributed by atoms with Crippen molar-refractivity contribution in [1.82, 2.24) is 4.90 Å². The van der Waals surface area contributed by atoms with Crippen molar-refractivity contribution in [2.45, 2.75) is 13.8 Å². The largest absolute Gasteiger partial charge is 0.339 e. The average Bonchev–Trinajstić information content (AvgIpc) is 2.63. The monoisotopic (exact) mass is 321 g/mol. The Morgan fingerprint density at radius 2 is 1.71 bits per heavy atom. The van der Waals surface area contributed by atoms with Crippen LogP contribution in [0.2, 0.25) is 0 Å². The van der Waals surface area contributed by atoms with Gasteiger partial charge in [0.2, 0.25) is 0 Å². The minimum atomic E-state index is -0.320. The molecule has 0 radical (unpaired) electrons. The number of carbonyl (C=O) groups is 2. The van der Waals surface area contributed by atoms with Crippen molar-refractivity contribution >= 4 is 17.5 Å². The lowest BCUT2D eigenvalue weighted by atomic mass is 10.1. The van der Waals surface area contributed by atoms with Crippen LogP contribution in [0.25, 0.3) is 0 Å². The number of amides is 2. The van der Waals surface area contributed by atoms with Crippen LogP contribution in [-0.2, 0) is 0 Å². The highest BCUT2D eigenvalue weighted by molar-refractivity contribution is 6.06. The van der Waals surface area contributed by atoms with Gasteiger partial charge in [-0.05, 0) is 50.2 Å². The van der Waals surface area contributed by atoms with Gasteiger partial charge < -0.3 is 10.2 Å². The summed E-state index contributed by atoms with van der Waals surface area (Å²) in [5.41, 5.74) is 1.89. The molecule has 0 heterocycles. The fourth-order valence-electron chi connectivity index (χ4n) is 2.36. The van der Waals surface area contributed by atoms with Crippen molar-refractivity contribution in [3.05, 3.63) is 65.2 Å². The van der Waals surface area contributed by atoms with Gasteiger partial charge >= 0.3 is 0 Å². The first-order chi connectivity index (χ1) is 11.6. The minimum Gasteiger partial charge on any atom is -0.339 e. The van der Waals surface area contributed by atoms with Crippen LogP contribution in [0.4, 0.5) is 5.69 Å². The number of nitrogens with zero attached hydrogens (tertiary/aromatic N) is 2. The van der Waals surface area contributed by atoms with E-state index in [0.29, 0.717) is 35.5 Å². The molecule has 2 rings (SSSR count). The standard InChI is InChI=1S/C19H19N3O2/c1-3-22(4-2)19(24)16-9-6-8-15(12-16)18(23)21-17-10-5-7-14(11-17)13-20/h5-12H,3-4H2,1-2H3,(H,21,23). The molecular formula is C19H19N3O2. The first-order valence-electron chi connectivity index (χ1n) is 7.79. The van der Waals surface area contributed by atoms with Crippen LogP contribution < -0.4 is 5.32 Å². The van der Waals surface area contributed by atoms with E-state index in [1.54, 1.807) is 53.4 Å². The Bertz CT molecular complexity index is 789. The van der Waals surface area contributed by atoms with Crippen LogP contribution in [0.5, 0.6) is 0 Å². The SMILES string of the molecule is CCN(CC)C(=O)c1cccc(C(=O)Nc2cccc(C#N)c2)c1. The third-order valence-corrected chi connectivity index (χ3v) is 3.67. The summed E-state index contributed by atoms with van der Waals surface area (Å²) >= 11 is 0. The second kappa shape index (κ2) is 7.93. The molecule has 0 unspecified atom stereocenters. The van der Waals surface area contributed by atoms with Gasteiger partial charge in [-0.2, -0.15) is 5.26 Å². The summed E-state index contributed by atoms with van der Waals surface area (Å²) in [6.45, 7) is 5.07. The lowest BCUT2D eigenvalue weighted by Gasteiger charge is -2.18. The third kappa shape index (κ3) is 3.99. The van der Waals surface area contributed by atoms with Crippen LogP contribution in [0.1, 0.15) is 40.1 Å². The van der Waals surface area contributed by atoms with Crippen molar-refractivity contribution in [2.75, 3.05) is 18.4 Å². The summed E-state index contributed by atoms with van der Waals surface area (Å²) in [4.78, 5) is 26.5. The average molecular weight is 321 g/mol. The van der Waals surface area contributed by atoms with E-state index >= 15 is 0 Å². The quantitative estimate of drug-likeness (QED) is 0.918. The molecule has 0 saturated heterocycles. The van der Waals surface area contributed by atoms with Gasteiger partial charge in [0.1, 0.15) is 0 Å². The van der Waals surface area contributed by atoms with E-state index in [4.69, 9.17) is 5.26 Å². The Hall–Kier alpha value is -3.13. The number of nitrogens with one attached hydrogen (secondary N) is 1. The zero-order chi connectivity index (χ0) is 17.5. The number of hydrogen-bond donors (Lipinski definition) is 1. The highest BCUT2D eigenvalue weighted by Gasteiger charge is 2.14. The fourth-order valence-corrected chi connectivity index (χ4v) is 2.36. The zero-order valence-corrected chi connectivity index (χ0v) is 13.7. The Labute approximate surface area is 141 Å². The topological polar surface area (TPSA) is 73.2 Å². The van der Waals surface area contributed by atoms with E-state index < -0.39 is 0 Å². The third-order valence-electron chi connectivity index (χ3n) is 3.67. The lowest BCUT2D eigenvalue weighted by molar-refractivity contribution is 0.0773. The molecular weight excluding hydrogens is 302 g/mol. The number of carbonyl (C=O) groups excluding carboxylic acids is 2. The van der Waals surface area contributed by atoms with Gasteiger partial charge in [-0.3, -0.25) is 9.59 Å². The Morgan fingerprint density at radius 1 is 1.04 bits per heavy atom.